The molecule has 0 aromatic heterocycles. The lowest BCUT2D eigenvalue weighted by atomic mass is 10.1. The lowest BCUT2D eigenvalue weighted by molar-refractivity contribution is -0.135. The van der Waals surface area contributed by atoms with Crippen LogP contribution in [0.1, 0.15) is 108 Å². The van der Waals surface area contributed by atoms with Gasteiger partial charge in [-0.2, -0.15) is 0 Å². The number of unbranched alkanes of at least 4 members (excludes halogenated alkanes) is 9. The summed E-state index contributed by atoms with van der Waals surface area (Å²) in [6.07, 6.45) is 14.0. The van der Waals surface area contributed by atoms with Crippen LogP contribution in [0.25, 0.3) is 0 Å². The second-order valence-electron chi connectivity index (χ2n) is 9.73. The molecule has 204 valence electrons. The third-order valence-electron chi connectivity index (χ3n) is 6.40. The molecule has 2 aromatic rings. The van der Waals surface area contributed by atoms with E-state index in [9.17, 15) is 9.59 Å². The number of esters is 2. The number of ether oxygens (including phenoxy) is 3. The Kier molecular flexibility index (Phi) is 14.8. The Labute approximate surface area is 227 Å². The van der Waals surface area contributed by atoms with E-state index in [0.29, 0.717) is 40.9 Å². The molecule has 6 heteroatoms. The Hall–Kier alpha value is -2.53. The lowest BCUT2D eigenvalue weighted by Crippen LogP contribution is -2.12. The normalized spacial score (nSPS) is 11.7. The summed E-state index contributed by atoms with van der Waals surface area (Å²) in [5.41, 5.74) is 0.334. The molecule has 2 aromatic carbocycles. The van der Waals surface area contributed by atoms with Crippen LogP contribution in [0.15, 0.2) is 42.5 Å². The number of hydrogen-bond acceptors (Lipinski definition) is 5. The molecule has 0 aliphatic carbocycles. The Morgan fingerprint density at radius 1 is 0.784 bits per heavy atom. The Morgan fingerprint density at radius 2 is 1.35 bits per heavy atom. The predicted molar refractivity (Wildman–Crippen MR) is 150 cm³/mol. The molecule has 0 heterocycles. The standard InChI is InChI=1S/C31H43ClO5/c1-4-6-7-8-9-10-11-12-13-14-21-35-29-20-15-25(23-28(29)32)31(34)37-27-18-16-26(17-19-27)36-30(33)22-24(3)5-2/h15-20,23-24H,4-14,21-22H2,1-3H3/t24-/m0/s1. The average molecular weight is 531 g/mol. The van der Waals surface area contributed by atoms with Crippen molar-refractivity contribution in [2.45, 2.75) is 97.8 Å². The Bertz CT molecular complexity index is 941. The minimum absolute atomic E-state index is 0.274. The zero-order valence-electron chi connectivity index (χ0n) is 22.7. The molecule has 0 radical (unpaired) electrons. The smallest absolute Gasteiger partial charge is 0.343 e. The Balaban J connectivity index is 1.70. The first-order valence-electron chi connectivity index (χ1n) is 13.9. The molecule has 0 spiro atoms. The molecule has 0 amide bonds. The second kappa shape index (κ2) is 17.8. The van der Waals surface area contributed by atoms with Crippen LogP contribution >= 0.6 is 11.6 Å². The summed E-state index contributed by atoms with van der Waals surface area (Å²) in [6.45, 7) is 6.90. The van der Waals surface area contributed by atoms with E-state index in [4.69, 9.17) is 25.8 Å². The molecule has 0 bridgehead atoms. The zero-order chi connectivity index (χ0) is 26.9. The van der Waals surface area contributed by atoms with Crippen molar-refractivity contribution in [2.24, 2.45) is 5.92 Å². The van der Waals surface area contributed by atoms with Crippen LogP contribution in [0.3, 0.4) is 0 Å². The van der Waals surface area contributed by atoms with Gasteiger partial charge in [-0.05, 0) is 54.8 Å². The fourth-order valence-corrected chi connectivity index (χ4v) is 4.10. The van der Waals surface area contributed by atoms with E-state index in [0.717, 1.165) is 19.3 Å². The molecule has 0 aliphatic rings. The summed E-state index contributed by atoms with van der Waals surface area (Å²) in [6, 6.07) is 11.3. The van der Waals surface area contributed by atoms with Crippen molar-refractivity contribution in [1.82, 2.24) is 0 Å². The van der Waals surface area contributed by atoms with E-state index in [-0.39, 0.29) is 11.9 Å². The maximum Gasteiger partial charge on any atom is 0.343 e. The van der Waals surface area contributed by atoms with Crippen molar-refractivity contribution in [3.05, 3.63) is 53.1 Å². The SMILES string of the molecule is CCCCCCCCCCCCOc1ccc(C(=O)Oc2ccc(OC(=O)C[C@@H](C)CC)cc2)cc1Cl. The van der Waals surface area contributed by atoms with Gasteiger partial charge in [0.05, 0.1) is 17.2 Å². The highest BCUT2D eigenvalue weighted by Crippen LogP contribution is 2.27. The monoisotopic (exact) mass is 530 g/mol. The fourth-order valence-electron chi connectivity index (χ4n) is 3.86. The second-order valence-corrected chi connectivity index (χ2v) is 10.1. The summed E-state index contributed by atoms with van der Waals surface area (Å²) in [5.74, 6) is 0.812. The van der Waals surface area contributed by atoms with Crippen LogP contribution in [0, 0.1) is 5.92 Å². The molecule has 37 heavy (non-hydrogen) atoms. The Morgan fingerprint density at radius 3 is 1.92 bits per heavy atom. The number of hydrogen-bond donors (Lipinski definition) is 0. The third-order valence-corrected chi connectivity index (χ3v) is 6.70. The van der Waals surface area contributed by atoms with E-state index < -0.39 is 5.97 Å². The number of halogens is 1. The van der Waals surface area contributed by atoms with Gasteiger partial charge in [-0.1, -0.05) is 96.6 Å². The first-order chi connectivity index (χ1) is 17.9. The molecule has 2 rings (SSSR count). The molecular formula is C31H43ClO5. The largest absolute Gasteiger partial charge is 0.492 e. The van der Waals surface area contributed by atoms with E-state index in [1.165, 1.54) is 51.4 Å². The molecule has 0 N–H and O–H groups in total. The molecular weight excluding hydrogens is 488 g/mol. The average Bonchev–Trinajstić information content (AvgIpc) is 2.89. The van der Waals surface area contributed by atoms with Crippen molar-refractivity contribution in [2.75, 3.05) is 6.61 Å². The summed E-state index contributed by atoms with van der Waals surface area (Å²) >= 11 is 6.34. The van der Waals surface area contributed by atoms with E-state index in [2.05, 4.69) is 6.92 Å². The molecule has 5 nitrogen and oxygen atoms in total. The zero-order valence-corrected chi connectivity index (χ0v) is 23.5. The maximum atomic E-state index is 12.5. The van der Waals surface area contributed by atoms with E-state index in [1.807, 2.05) is 13.8 Å². The van der Waals surface area contributed by atoms with Gasteiger partial charge in [-0.3, -0.25) is 4.79 Å². The van der Waals surface area contributed by atoms with Crippen LogP contribution in [-0.2, 0) is 4.79 Å². The fraction of sp³-hybridized carbons (Fsp3) is 0.548. The van der Waals surface area contributed by atoms with Gasteiger partial charge in [0.15, 0.2) is 0 Å². The quantitative estimate of drug-likeness (QED) is 0.109. The highest BCUT2D eigenvalue weighted by Gasteiger charge is 2.13. The third kappa shape index (κ3) is 12.5. The van der Waals surface area contributed by atoms with Crippen molar-refractivity contribution in [3.63, 3.8) is 0 Å². The number of rotatable bonds is 18. The van der Waals surface area contributed by atoms with Crippen LogP contribution in [0.5, 0.6) is 17.2 Å². The summed E-state index contributed by atoms with van der Waals surface area (Å²) in [7, 11) is 0. The molecule has 1 atom stereocenters. The molecule has 0 saturated heterocycles. The van der Waals surface area contributed by atoms with E-state index >= 15 is 0 Å². The van der Waals surface area contributed by atoms with Crippen LogP contribution in [0.2, 0.25) is 5.02 Å². The van der Waals surface area contributed by atoms with Gasteiger partial charge in [0.25, 0.3) is 0 Å². The van der Waals surface area contributed by atoms with Gasteiger partial charge in [-0.15, -0.1) is 0 Å². The van der Waals surface area contributed by atoms with Gasteiger partial charge in [0.2, 0.25) is 0 Å². The topological polar surface area (TPSA) is 61.8 Å². The molecule has 0 unspecified atom stereocenters. The molecule has 0 aliphatic heterocycles. The van der Waals surface area contributed by atoms with Gasteiger partial charge >= 0.3 is 11.9 Å². The number of carbonyl (C=O) groups excluding carboxylic acids is 2. The van der Waals surface area contributed by atoms with Crippen LogP contribution < -0.4 is 14.2 Å². The van der Waals surface area contributed by atoms with Crippen molar-refractivity contribution >= 4 is 23.5 Å². The van der Waals surface area contributed by atoms with Crippen molar-refractivity contribution in [1.29, 1.82) is 0 Å². The number of benzene rings is 2. The summed E-state index contributed by atoms with van der Waals surface area (Å²) in [5, 5.41) is 0.380. The minimum atomic E-state index is -0.523. The van der Waals surface area contributed by atoms with Gasteiger partial charge in [-0.25, -0.2) is 4.79 Å². The summed E-state index contributed by atoms with van der Waals surface area (Å²) in [4.78, 5) is 24.5. The van der Waals surface area contributed by atoms with Gasteiger partial charge in [0, 0.05) is 6.42 Å². The highest BCUT2D eigenvalue weighted by molar-refractivity contribution is 6.32. The van der Waals surface area contributed by atoms with Gasteiger partial charge < -0.3 is 14.2 Å². The molecule has 0 saturated carbocycles. The lowest BCUT2D eigenvalue weighted by Gasteiger charge is -2.10. The van der Waals surface area contributed by atoms with Gasteiger partial charge in [0.1, 0.15) is 17.2 Å². The molecule has 0 fully saturated rings. The van der Waals surface area contributed by atoms with E-state index in [1.54, 1.807) is 42.5 Å². The first-order valence-corrected chi connectivity index (χ1v) is 14.3. The predicted octanol–water partition coefficient (Wildman–Crippen LogP) is 9.20. The van der Waals surface area contributed by atoms with Crippen molar-refractivity contribution in [3.8, 4) is 17.2 Å². The minimum Gasteiger partial charge on any atom is -0.492 e. The summed E-state index contributed by atoms with van der Waals surface area (Å²) < 4.78 is 16.6. The highest BCUT2D eigenvalue weighted by atomic mass is 35.5. The first kappa shape index (κ1) is 30.7. The van der Waals surface area contributed by atoms with Crippen LogP contribution in [0.4, 0.5) is 0 Å². The number of carbonyl (C=O) groups is 2. The van der Waals surface area contributed by atoms with Crippen molar-refractivity contribution < 1.29 is 23.8 Å². The van der Waals surface area contributed by atoms with Crippen LogP contribution in [-0.4, -0.2) is 18.5 Å². The maximum absolute atomic E-state index is 12.5.